The summed E-state index contributed by atoms with van der Waals surface area (Å²) in [5.74, 6) is 1.87. The fourth-order valence-electron chi connectivity index (χ4n) is 3.94. The molecule has 1 aliphatic heterocycles. The lowest BCUT2D eigenvalue weighted by molar-refractivity contribution is 0.0980. The van der Waals surface area contributed by atoms with Gasteiger partial charge in [0.25, 0.3) is 0 Å². The molecule has 4 aromatic rings. The van der Waals surface area contributed by atoms with Crippen LogP contribution in [0.4, 0.5) is 0 Å². The Kier molecular flexibility index (Phi) is 5.69. The average molecular weight is 413 g/mol. The monoisotopic (exact) mass is 412 g/mol. The van der Waals surface area contributed by atoms with Crippen molar-refractivity contribution in [1.82, 2.24) is 9.88 Å². The first-order valence-corrected chi connectivity index (χ1v) is 11.3. The number of aromatic nitrogens is 1. The van der Waals surface area contributed by atoms with Crippen LogP contribution in [0, 0.1) is 0 Å². The summed E-state index contributed by atoms with van der Waals surface area (Å²) in [5.41, 5.74) is 4.91. The molecule has 0 bridgehead atoms. The molecule has 0 atom stereocenters. The SMILES string of the molecule is c1ccc(CCN2COc3c(cc(CSc4ccccc4)c4cccnc34)C2)cc1. The zero-order valence-corrected chi connectivity index (χ0v) is 17.6. The van der Waals surface area contributed by atoms with E-state index in [9.17, 15) is 0 Å². The summed E-state index contributed by atoms with van der Waals surface area (Å²) in [7, 11) is 0. The Morgan fingerprint density at radius 3 is 2.57 bits per heavy atom. The number of ether oxygens (including phenoxy) is 1. The second kappa shape index (κ2) is 8.90. The first-order valence-electron chi connectivity index (χ1n) is 10.3. The van der Waals surface area contributed by atoms with E-state index in [0.717, 1.165) is 36.5 Å². The molecule has 3 nitrogen and oxygen atoms in total. The Labute approximate surface area is 181 Å². The number of nitrogens with zero attached hydrogens (tertiary/aromatic N) is 2. The van der Waals surface area contributed by atoms with Gasteiger partial charge in [-0.1, -0.05) is 54.6 Å². The Balaban J connectivity index is 1.38. The molecule has 1 aromatic heterocycles. The van der Waals surface area contributed by atoms with E-state index in [4.69, 9.17) is 4.74 Å². The molecule has 5 rings (SSSR count). The quantitative estimate of drug-likeness (QED) is 0.367. The lowest BCUT2D eigenvalue weighted by Crippen LogP contribution is -2.33. The second-order valence-electron chi connectivity index (χ2n) is 7.59. The fraction of sp³-hybridized carbons (Fsp3) is 0.192. The highest BCUT2D eigenvalue weighted by Crippen LogP contribution is 2.36. The van der Waals surface area contributed by atoms with Gasteiger partial charge >= 0.3 is 0 Å². The highest BCUT2D eigenvalue weighted by molar-refractivity contribution is 7.98. The number of rotatable bonds is 6. The number of hydrogen-bond donors (Lipinski definition) is 0. The maximum absolute atomic E-state index is 6.21. The Morgan fingerprint density at radius 2 is 1.73 bits per heavy atom. The van der Waals surface area contributed by atoms with Crippen LogP contribution >= 0.6 is 11.8 Å². The van der Waals surface area contributed by atoms with E-state index in [0.29, 0.717) is 6.73 Å². The van der Waals surface area contributed by atoms with Gasteiger partial charge in [-0.25, -0.2) is 0 Å². The van der Waals surface area contributed by atoms with E-state index in [2.05, 4.69) is 82.7 Å². The predicted octanol–water partition coefficient (Wildman–Crippen LogP) is 5.92. The van der Waals surface area contributed by atoms with Gasteiger partial charge in [0, 0.05) is 40.9 Å². The molecule has 4 heteroatoms. The van der Waals surface area contributed by atoms with Gasteiger partial charge in [-0.3, -0.25) is 9.88 Å². The lowest BCUT2D eigenvalue weighted by Gasteiger charge is -2.30. The van der Waals surface area contributed by atoms with Crippen LogP contribution < -0.4 is 4.74 Å². The minimum Gasteiger partial charge on any atom is -0.475 e. The maximum atomic E-state index is 6.21. The van der Waals surface area contributed by atoms with Gasteiger partial charge in [-0.05, 0) is 41.8 Å². The third-order valence-electron chi connectivity index (χ3n) is 5.49. The van der Waals surface area contributed by atoms with Crippen molar-refractivity contribution in [2.24, 2.45) is 0 Å². The first kappa shape index (κ1) is 19.2. The first-order chi connectivity index (χ1) is 14.9. The molecule has 0 fully saturated rings. The zero-order chi connectivity index (χ0) is 20.2. The van der Waals surface area contributed by atoms with E-state index in [1.54, 1.807) is 0 Å². The number of thioether (sulfide) groups is 1. The van der Waals surface area contributed by atoms with Crippen LogP contribution in [0.5, 0.6) is 5.75 Å². The van der Waals surface area contributed by atoms with Crippen LogP contribution in [0.25, 0.3) is 10.9 Å². The van der Waals surface area contributed by atoms with Crippen molar-refractivity contribution in [3.05, 3.63) is 102 Å². The van der Waals surface area contributed by atoms with Gasteiger partial charge < -0.3 is 4.74 Å². The van der Waals surface area contributed by atoms with Gasteiger partial charge in [-0.2, -0.15) is 0 Å². The summed E-state index contributed by atoms with van der Waals surface area (Å²) in [6.45, 7) is 2.50. The van der Waals surface area contributed by atoms with Crippen molar-refractivity contribution in [1.29, 1.82) is 0 Å². The van der Waals surface area contributed by atoms with Crippen molar-refractivity contribution in [2.45, 2.75) is 23.6 Å². The highest BCUT2D eigenvalue weighted by Gasteiger charge is 2.22. The summed E-state index contributed by atoms with van der Waals surface area (Å²) < 4.78 is 6.21. The Bertz CT molecular complexity index is 1130. The molecular formula is C26H24N2OS. The normalized spacial score (nSPS) is 13.7. The molecular weight excluding hydrogens is 388 g/mol. The summed E-state index contributed by atoms with van der Waals surface area (Å²) >= 11 is 1.87. The minimum absolute atomic E-state index is 0.615. The molecule has 0 amide bonds. The lowest BCUT2D eigenvalue weighted by atomic mass is 10.0. The summed E-state index contributed by atoms with van der Waals surface area (Å²) in [6.07, 6.45) is 2.89. The molecule has 3 aromatic carbocycles. The molecule has 0 N–H and O–H groups in total. The number of hydrogen-bond acceptors (Lipinski definition) is 4. The second-order valence-corrected chi connectivity index (χ2v) is 8.64. The van der Waals surface area contributed by atoms with E-state index in [-0.39, 0.29) is 0 Å². The smallest absolute Gasteiger partial charge is 0.152 e. The zero-order valence-electron chi connectivity index (χ0n) is 16.8. The topological polar surface area (TPSA) is 25.4 Å². The van der Waals surface area contributed by atoms with Crippen LogP contribution in [0.15, 0.2) is 90.0 Å². The molecule has 0 spiro atoms. The largest absolute Gasteiger partial charge is 0.475 e. The van der Waals surface area contributed by atoms with E-state index >= 15 is 0 Å². The van der Waals surface area contributed by atoms with Gasteiger partial charge in [0.2, 0.25) is 0 Å². The third kappa shape index (κ3) is 4.20. The standard InChI is InChI=1S/C26H24N2OS/c1-3-8-20(9-4-1)13-15-28-17-21-16-22(18-30-23-10-5-2-6-11-23)24-12-7-14-27-25(24)26(21)29-19-28/h1-12,14,16H,13,15,17-19H2. The molecule has 30 heavy (non-hydrogen) atoms. The van der Waals surface area contributed by atoms with Gasteiger partial charge in [0.05, 0.1) is 0 Å². The van der Waals surface area contributed by atoms with Crippen LogP contribution in [0.2, 0.25) is 0 Å². The molecule has 0 saturated carbocycles. The molecule has 0 radical (unpaired) electrons. The van der Waals surface area contributed by atoms with E-state index in [1.165, 1.54) is 27.0 Å². The Morgan fingerprint density at radius 1 is 0.933 bits per heavy atom. The van der Waals surface area contributed by atoms with Gasteiger partial charge in [0.15, 0.2) is 5.75 Å². The molecule has 0 saturated heterocycles. The van der Waals surface area contributed by atoms with Crippen molar-refractivity contribution < 1.29 is 4.74 Å². The number of fused-ring (bicyclic) bond motifs is 3. The van der Waals surface area contributed by atoms with Crippen molar-refractivity contribution in [3.63, 3.8) is 0 Å². The van der Waals surface area contributed by atoms with Crippen molar-refractivity contribution in [2.75, 3.05) is 13.3 Å². The number of pyridine rings is 1. The van der Waals surface area contributed by atoms with Crippen LogP contribution in [0.1, 0.15) is 16.7 Å². The van der Waals surface area contributed by atoms with Gasteiger partial charge in [0.1, 0.15) is 12.2 Å². The van der Waals surface area contributed by atoms with Crippen molar-refractivity contribution in [3.8, 4) is 5.75 Å². The highest BCUT2D eigenvalue weighted by atomic mass is 32.2. The van der Waals surface area contributed by atoms with Crippen LogP contribution in [-0.2, 0) is 18.7 Å². The minimum atomic E-state index is 0.615. The Hall–Kier alpha value is -2.82. The molecule has 150 valence electrons. The van der Waals surface area contributed by atoms with Gasteiger partial charge in [-0.15, -0.1) is 11.8 Å². The van der Waals surface area contributed by atoms with Crippen molar-refractivity contribution >= 4 is 22.7 Å². The molecule has 1 aliphatic rings. The number of benzene rings is 3. The molecule has 0 aliphatic carbocycles. The summed E-state index contributed by atoms with van der Waals surface area (Å²) in [6, 6.07) is 27.7. The maximum Gasteiger partial charge on any atom is 0.152 e. The molecule has 2 heterocycles. The average Bonchev–Trinajstić information content (AvgIpc) is 2.82. The van der Waals surface area contributed by atoms with E-state index < -0.39 is 0 Å². The summed E-state index contributed by atoms with van der Waals surface area (Å²) in [4.78, 5) is 8.33. The predicted molar refractivity (Wildman–Crippen MR) is 124 cm³/mol. The summed E-state index contributed by atoms with van der Waals surface area (Å²) in [5, 5.41) is 1.19. The van der Waals surface area contributed by atoms with Crippen LogP contribution in [-0.4, -0.2) is 23.2 Å². The fourth-order valence-corrected chi connectivity index (χ4v) is 4.86. The van der Waals surface area contributed by atoms with E-state index in [1.807, 2.05) is 24.0 Å². The molecule has 0 unspecified atom stereocenters. The third-order valence-corrected chi connectivity index (χ3v) is 6.55. The van der Waals surface area contributed by atoms with Crippen LogP contribution in [0.3, 0.4) is 0 Å².